The lowest BCUT2D eigenvalue weighted by molar-refractivity contribution is -0.118. The molecule has 0 saturated heterocycles. The number of rotatable bonds is 6. The molecule has 1 atom stereocenters. The van der Waals surface area contributed by atoms with E-state index in [1.54, 1.807) is 0 Å². The number of fused-ring (bicyclic) bond motifs is 1. The molecule has 1 aliphatic rings. The van der Waals surface area contributed by atoms with Crippen molar-refractivity contribution in [2.75, 3.05) is 11.4 Å². The molecule has 0 bridgehead atoms. The summed E-state index contributed by atoms with van der Waals surface area (Å²) in [7, 11) is 0. The standard InChI is InChI=1S/C30H31N3OS/c1-4-26(29(34)33-19-7-9-22-8-5-6-10-25(22)33)35-30-31-27(23-15-11-20(2)12-16-23)28(32-30)24-17-13-21(3)14-18-24/h5-6,8,10-18,26H,4,7,9,19H2,1-3H3,(H,31,32). The van der Waals surface area contributed by atoms with Crippen LogP contribution in [0.2, 0.25) is 0 Å². The Kier molecular flexibility index (Phi) is 6.78. The molecule has 1 amide bonds. The number of benzene rings is 3. The SMILES string of the molecule is CCC(Sc1nc(-c2ccc(C)cc2)c(-c2ccc(C)cc2)[nH]1)C(=O)N1CCCc2ccccc21. The van der Waals surface area contributed by atoms with Crippen LogP contribution in [-0.2, 0) is 11.2 Å². The zero-order chi connectivity index (χ0) is 24.4. The first kappa shape index (κ1) is 23.4. The van der Waals surface area contributed by atoms with E-state index < -0.39 is 0 Å². The van der Waals surface area contributed by atoms with Gasteiger partial charge in [-0.05, 0) is 44.7 Å². The molecule has 0 radical (unpaired) electrons. The van der Waals surface area contributed by atoms with Gasteiger partial charge in [-0.2, -0.15) is 0 Å². The van der Waals surface area contributed by atoms with Crippen LogP contribution in [0.1, 0.15) is 36.5 Å². The van der Waals surface area contributed by atoms with Crippen LogP contribution in [0.5, 0.6) is 0 Å². The number of nitrogens with one attached hydrogen (secondary N) is 1. The van der Waals surface area contributed by atoms with Gasteiger partial charge in [0.15, 0.2) is 5.16 Å². The van der Waals surface area contributed by atoms with Crippen LogP contribution < -0.4 is 4.90 Å². The van der Waals surface area contributed by atoms with Crippen molar-refractivity contribution in [2.45, 2.75) is 50.4 Å². The van der Waals surface area contributed by atoms with Gasteiger partial charge in [-0.1, -0.05) is 96.5 Å². The molecule has 4 aromatic rings. The Morgan fingerprint density at radius 1 is 0.971 bits per heavy atom. The van der Waals surface area contributed by atoms with Gasteiger partial charge >= 0.3 is 0 Å². The molecule has 35 heavy (non-hydrogen) atoms. The molecule has 1 unspecified atom stereocenters. The number of carbonyl (C=O) groups is 1. The molecule has 0 fully saturated rings. The Hall–Kier alpha value is -3.31. The van der Waals surface area contributed by atoms with E-state index in [2.05, 4.69) is 92.5 Å². The van der Waals surface area contributed by atoms with Gasteiger partial charge in [0.25, 0.3) is 0 Å². The molecule has 2 heterocycles. The van der Waals surface area contributed by atoms with E-state index in [1.807, 2.05) is 11.0 Å². The summed E-state index contributed by atoms with van der Waals surface area (Å²) in [6.07, 6.45) is 2.77. The third-order valence-corrected chi connectivity index (χ3v) is 7.86. The minimum atomic E-state index is -0.205. The van der Waals surface area contributed by atoms with Crippen molar-refractivity contribution in [2.24, 2.45) is 0 Å². The van der Waals surface area contributed by atoms with Crippen LogP contribution in [-0.4, -0.2) is 27.7 Å². The highest BCUT2D eigenvalue weighted by Gasteiger charge is 2.29. The summed E-state index contributed by atoms with van der Waals surface area (Å²) in [5, 5.41) is 0.575. The number of carbonyl (C=O) groups excluding carboxylic acids is 1. The second-order valence-corrected chi connectivity index (χ2v) is 10.4. The van der Waals surface area contributed by atoms with Gasteiger partial charge in [0.1, 0.15) is 0 Å². The van der Waals surface area contributed by atoms with Gasteiger partial charge in [0, 0.05) is 23.4 Å². The van der Waals surface area contributed by atoms with Crippen LogP contribution >= 0.6 is 11.8 Å². The van der Waals surface area contributed by atoms with Crippen molar-refractivity contribution in [3.8, 4) is 22.5 Å². The highest BCUT2D eigenvalue weighted by molar-refractivity contribution is 8.00. The smallest absolute Gasteiger partial charge is 0.240 e. The molecule has 3 aromatic carbocycles. The maximum atomic E-state index is 13.7. The molecule has 5 heteroatoms. The number of amides is 1. The molecule has 178 valence electrons. The van der Waals surface area contributed by atoms with Crippen molar-refractivity contribution in [3.63, 3.8) is 0 Å². The predicted molar refractivity (Wildman–Crippen MR) is 146 cm³/mol. The number of anilines is 1. The van der Waals surface area contributed by atoms with Gasteiger partial charge in [-0.3, -0.25) is 4.79 Å². The van der Waals surface area contributed by atoms with E-state index in [4.69, 9.17) is 4.98 Å². The van der Waals surface area contributed by atoms with Crippen LogP contribution in [0, 0.1) is 13.8 Å². The third kappa shape index (κ3) is 4.92. The highest BCUT2D eigenvalue weighted by Crippen LogP contribution is 2.36. The lowest BCUT2D eigenvalue weighted by Gasteiger charge is -2.31. The fourth-order valence-electron chi connectivity index (χ4n) is 4.64. The second kappa shape index (κ2) is 10.1. The van der Waals surface area contributed by atoms with Gasteiger partial charge in [-0.25, -0.2) is 4.98 Å². The molecular formula is C30H31N3OS. The van der Waals surface area contributed by atoms with Crippen molar-refractivity contribution in [1.29, 1.82) is 0 Å². The van der Waals surface area contributed by atoms with E-state index >= 15 is 0 Å². The molecular weight excluding hydrogens is 450 g/mol. The first-order valence-corrected chi connectivity index (χ1v) is 13.2. The number of aromatic nitrogens is 2. The Morgan fingerprint density at radius 3 is 2.31 bits per heavy atom. The van der Waals surface area contributed by atoms with Gasteiger partial charge < -0.3 is 9.88 Å². The van der Waals surface area contributed by atoms with Crippen molar-refractivity contribution < 1.29 is 4.79 Å². The third-order valence-electron chi connectivity index (χ3n) is 6.62. The normalized spacial score (nSPS) is 14.0. The van der Waals surface area contributed by atoms with Crippen molar-refractivity contribution in [1.82, 2.24) is 9.97 Å². The first-order chi connectivity index (χ1) is 17.0. The first-order valence-electron chi connectivity index (χ1n) is 12.3. The number of H-pyrrole nitrogens is 1. The van der Waals surface area contributed by atoms with E-state index in [9.17, 15) is 4.79 Å². The van der Waals surface area contributed by atoms with E-state index in [1.165, 1.54) is 28.5 Å². The summed E-state index contributed by atoms with van der Waals surface area (Å²) in [6, 6.07) is 25.2. The number of hydrogen-bond acceptors (Lipinski definition) is 3. The molecule has 5 rings (SSSR count). The van der Waals surface area contributed by atoms with Crippen LogP contribution in [0.4, 0.5) is 5.69 Å². The topological polar surface area (TPSA) is 49.0 Å². The second-order valence-electron chi connectivity index (χ2n) is 9.23. The molecule has 4 nitrogen and oxygen atoms in total. The van der Waals surface area contributed by atoms with Crippen LogP contribution in [0.3, 0.4) is 0 Å². The molecule has 0 saturated carbocycles. The van der Waals surface area contributed by atoms with Crippen LogP contribution in [0.25, 0.3) is 22.5 Å². The molecule has 1 aliphatic heterocycles. The number of aryl methyl sites for hydroxylation is 3. The lowest BCUT2D eigenvalue weighted by atomic mass is 10.0. The fourth-order valence-corrected chi connectivity index (χ4v) is 5.61. The van der Waals surface area contributed by atoms with Crippen molar-refractivity contribution >= 4 is 23.4 Å². The number of aromatic amines is 1. The summed E-state index contributed by atoms with van der Waals surface area (Å²) in [5.74, 6) is 0.162. The van der Waals surface area contributed by atoms with Crippen molar-refractivity contribution in [3.05, 3.63) is 89.5 Å². The largest absolute Gasteiger partial charge is 0.332 e. The van der Waals surface area contributed by atoms with E-state index in [0.717, 1.165) is 59.2 Å². The predicted octanol–water partition coefficient (Wildman–Crippen LogP) is 7.21. The quantitative estimate of drug-likeness (QED) is 0.296. The molecule has 1 N–H and O–H groups in total. The summed E-state index contributed by atoms with van der Waals surface area (Å²) in [4.78, 5) is 24.2. The molecule has 0 aliphatic carbocycles. The Bertz CT molecular complexity index is 1260. The zero-order valence-corrected chi connectivity index (χ0v) is 21.4. The Labute approximate surface area is 211 Å². The Balaban J connectivity index is 1.47. The maximum Gasteiger partial charge on any atom is 0.240 e. The monoisotopic (exact) mass is 481 g/mol. The minimum absolute atomic E-state index is 0.162. The minimum Gasteiger partial charge on any atom is -0.332 e. The number of hydrogen-bond donors (Lipinski definition) is 1. The average Bonchev–Trinajstić information content (AvgIpc) is 3.31. The molecule has 0 spiro atoms. The highest BCUT2D eigenvalue weighted by atomic mass is 32.2. The van der Waals surface area contributed by atoms with E-state index in [-0.39, 0.29) is 11.2 Å². The maximum absolute atomic E-state index is 13.7. The molecule has 1 aromatic heterocycles. The zero-order valence-electron chi connectivity index (χ0n) is 20.5. The average molecular weight is 482 g/mol. The van der Waals surface area contributed by atoms with Gasteiger partial charge in [0.05, 0.1) is 16.6 Å². The van der Waals surface area contributed by atoms with Gasteiger partial charge in [0.2, 0.25) is 5.91 Å². The Morgan fingerprint density at radius 2 is 1.63 bits per heavy atom. The summed E-state index contributed by atoms with van der Waals surface area (Å²) in [5.41, 5.74) is 8.82. The van der Waals surface area contributed by atoms with Crippen LogP contribution in [0.15, 0.2) is 78.0 Å². The van der Waals surface area contributed by atoms with E-state index in [0.29, 0.717) is 0 Å². The lowest BCUT2D eigenvalue weighted by Crippen LogP contribution is -2.40. The number of nitrogens with zero attached hydrogens (tertiary/aromatic N) is 2. The summed E-state index contributed by atoms with van der Waals surface area (Å²) in [6.45, 7) is 7.03. The number of thioether (sulfide) groups is 1. The van der Waals surface area contributed by atoms with Gasteiger partial charge in [-0.15, -0.1) is 0 Å². The summed E-state index contributed by atoms with van der Waals surface area (Å²) >= 11 is 1.54. The number of para-hydroxylation sites is 1. The number of imidazole rings is 1. The fraction of sp³-hybridized carbons (Fsp3) is 0.267. The summed E-state index contributed by atoms with van der Waals surface area (Å²) < 4.78 is 0.